The third-order valence-corrected chi connectivity index (χ3v) is 3.40. The fourth-order valence-corrected chi connectivity index (χ4v) is 2.13. The van der Waals surface area contributed by atoms with Gasteiger partial charge >= 0.3 is 0 Å². The second kappa shape index (κ2) is 3.92. The van der Waals surface area contributed by atoms with Crippen LogP contribution in [0.5, 0.6) is 0 Å². The Morgan fingerprint density at radius 2 is 2.14 bits per heavy atom. The van der Waals surface area contributed by atoms with Gasteiger partial charge in [0.2, 0.25) is 0 Å². The minimum absolute atomic E-state index is 0.140. The van der Waals surface area contributed by atoms with Crippen molar-refractivity contribution in [1.82, 2.24) is 0 Å². The topological polar surface area (TPSA) is 26.0 Å². The second-order valence-electron chi connectivity index (χ2n) is 4.28. The molecule has 0 radical (unpaired) electrons. The summed E-state index contributed by atoms with van der Waals surface area (Å²) in [4.78, 5) is 0. The summed E-state index contributed by atoms with van der Waals surface area (Å²) in [6.45, 7) is 2.24. The first-order chi connectivity index (χ1) is 6.68. The van der Waals surface area contributed by atoms with Crippen LogP contribution in [-0.4, -0.2) is 0 Å². The van der Waals surface area contributed by atoms with Gasteiger partial charge in [0, 0.05) is 11.1 Å². The first kappa shape index (κ1) is 10.0. The molecule has 2 N–H and O–H groups in total. The van der Waals surface area contributed by atoms with E-state index in [2.05, 4.69) is 13.0 Å². The lowest BCUT2D eigenvalue weighted by Crippen LogP contribution is -2.20. The van der Waals surface area contributed by atoms with Gasteiger partial charge in [-0.1, -0.05) is 30.7 Å². The molecule has 76 valence electrons. The summed E-state index contributed by atoms with van der Waals surface area (Å²) in [6.07, 6.45) is 2.69. The molecular weight excluding hydrogens is 194 g/mol. The third-order valence-electron chi connectivity index (χ3n) is 3.17. The van der Waals surface area contributed by atoms with E-state index in [1.54, 1.807) is 0 Å². The van der Waals surface area contributed by atoms with E-state index < -0.39 is 0 Å². The highest BCUT2D eigenvalue weighted by Gasteiger charge is 2.32. The lowest BCUT2D eigenvalue weighted by atomic mass is 9.91. The maximum Gasteiger partial charge on any atom is 0.0409 e. The van der Waals surface area contributed by atoms with Crippen molar-refractivity contribution in [2.45, 2.75) is 25.8 Å². The van der Waals surface area contributed by atoms with Gasteiger partial charge in [-0.2, -0.15) is 0 Å². The van der Waals surface area contributed by atoms with Gasteiger partial charge in [0.25, 0.3) is 0 Å². The monoisotopic (exact) mass is 209 g/mol. The molecular formula is C12H16ClN. The van der Waals surface area contributed by atoms with Crippen molar-refractivity contribution in [2.75, 3.05) is 0 Å². The molecule has 0 heterocycles. The molecule has 1 nitrogen and oxygen atoms in total. The van der Waals surface area contributed by atoms with Crippen LogP contribution in [0.3, 0.4) is 0 Å². The van der Waals surface area contributed by atoms with Crippen LogP contribution in [0.25, 0.3) is 0 Å². The molecule has 1 aliphatic carbocycles. The molecule has 1 fully saturated rings. The average molecular weight is 210 g/mol. The van der Waals surface area contributed by atoms with Crippen LogP contribution < -0.4 is 5.73 Å². The highest BCUT2D eigenvalue weighted by atomic mass is 35.5. The molecule has 2 atom stereocenters. The SMILES string of the molecule is CC(C1CC1)C(N)c1cccc(Cl)c1. The van der Waals surface area contributed by atoms with E-state index in [9.17, 15) is 0 Å². The van der Waals surface area contributed by atoms with Gasteiger partial charge in [0.1, 0.15) is 0 Å². The van der Waals surface area contributed by atoms with Gasteiger partial charge in [-0.25, -0.2) is 0 Å². The summed E-state index contributed by atoms with van der Waals surface area (Å²) in [5, 5.41) is 0.779. The fourth-order valence-electron chi connectivity index (χ4n) is 1.93. The molecule has 0 amide bonds. The predicted molar refractivity (Wildman–Crippen MR) is 60.3 cm³/mol. The minimum Gasteiger partial charge on any atom is -0.324 e. The Bertz CT molecular complexity index is 320. The molecule has 0 spiro atoms. The molecule has 0 saturated heterocycles. The summed E-state index contributed by atoms with van der Waals surface area (Å²) in [6, 6.07) is 8.04. The molecule has 0 bridgehead atoms. The Hall–Kier alpha value is -0.530. The smallest absolute Gasteiger partial charge is 0.0409 e. The van der Waals surface area contributed by atoms with Crippen LogP contribution in [0, 0.1) is 11.8 Å². The lowest BCUT2D eigenvalue weighted by molar-refractivity contribution is 0.417. The van der Waals surface area contributed by atoms with Gasteiger partial charge in [-0.3, -0.25) is 0 Å². The van der Waals surface area contributed by atoms with Crippen molar-refractivity contribution in [3.63, 3.8) is 0 Å². The Morgan fingerprint density at radius 1 is 1.43 bits per heavy atom. The Morgan fingerprint density at radius 3 is 2.71 bits per heavy atom. The van der Waals surface area contributed by atoms with Gasteiger partial charge < -0.3 is 5.73 Å². The third kappa shape index (κ3) is 2.10. The maximum atomic E-state index is 6.19. The Balaban J connectivity index is 2.13. The second-order valence-corrected chi connectivity index (χ2v) is 4.71. The zero-order chi connectivity index (χ0) is 10.1. The standard InChI is InChI=1S/C12H16ClN/c1-8(9-5-6-9)12(14)10-3-2-4-11(13)7-10/h2-4,7-9,12H,5-6,14H2,1H3. The van der Waals surface area contributed by atoms with Gasteiger partial charge in [0.05, 0.1) is 0 Å². The van der Waals surface area contributed by atoms with E-state index in [1.807, 2.05) is 18.2 Å². The van der Waals surface area contributed by atoms with Gasteiger partial charge in [-0.15, -0.1) is 0 Å². The number of hydrogen-bond donors (Lipinski definition) is 1. The quantitative estimate of drug-likeness (QED) is 0.812. The summed E-state index contributed by atoms with van der Waals surface area (Å²) in [7, 11) is 0. The van der Waals surface area contributed by atoms with Crippen molar-refractivity contribution in [3.8, 4) is 0 Å². The first-order valence-electron chi connectivity index (χ1n) is 5.19. The van der Waals surface area contributed by atoms with Gasteiger partial charge in [-0.05, 0) is 42.4 Å². The van der Waals surface area contributed by atoms with Crippen LogP contribution in [0.2, 0.25) is 5.02 Å². The van der Waals surface area contributed by atoms with Crippen LogP contribution in [-0.2, 0) is 0 Å². The number of rotatable bonds is 3. The average Bonchev–Trinajstić information content (AvgIpc) is 2.99. The highest BCUT2D eigenvalue weighted by Crippen LogP contribution is 2.41. The number of hydrogen-bond acceptors (Lipinski definition) is 1. The molecule has 0 aliphatic heterocycles. The molecule has 14 heavy (non-hydrogen) atoms. The van der Waals surface area contributed by atoms with Gasteiger partial charge in [0.15, 0.2) is 0 Å². The molecule has 1 aliphatic rings. The summed E-state index contributed by atoms with van der Waals surface area (Å²) < 4.78 is 0. The molecule has 1 aromatic carbocycles. The summed E-state index contributed by atoms with van der Waals surface area (Å²) in [5.74, 6) is 1.41. The highest BCUT2D eigenvalue weighted by molar-refractivity contribution is 6.30. The fraction of sp³-hybridized carbons (Fsp3) is 0.500. The molecule has 2 heteroatoms. The van der Waals surface area contributed by atoms with E-state index in [0.717, 1.165) is 16.5 Å². The van der Waals surface area contributed by atoms with E-state index in [0.29, 0.717) is 5.92 Å². The number of halogens is 1. The van der Waals surface area contributed by atoms with E-state index in [4.69, 9.17) is 17.3 Å². The van der Waals surface area contributed by atoms with Crippen molar-refractivity contribution < 1.29 is 0 Å². The van der Waals surface area contributed by atoms with E-state index >= 15 is 0 Å². The predicted octanol–water partition coefficient (Wildman–Crippen LogP) is 3.39. The largest absolute Gasteiger partial charge is 0.324 e. The summed E-state index contributed by atoms with van der Waals surface area (Å²) >= 11 is 5.93. The zero-order valence-corrected chi connectivity index (χ0v) is 9.17. The van der Waals surface area contributed by atoms with Crippen LogP contribution in [0.15, 0.2) is 24.3 Å². The van der Waals surface area contributed by atoms with Crippen LogP contribution in [0.4, 0.5) is 0 Å². The van der Waals surface area contributed by atoms with Crippen molar-refractivity contribution in [1.29, 1.82) is 0 Å². The molecule has 2 unspecified atom stereocenters. The van der Waals surface area contributed by atoms with Crippen LogP contribution >= 0.6 is 11.6 Å². The minimum atomic E-state index is 0.140. The zero-order valence-electron chi connectivity index (χ0n) is 8.41. The normalized spacial score (nSPS) is 20.5. The molecule has 1 aromatic rings. The van der Waals surface area contributed by atoms with E-state index in [-0.39, 0.29) is 6.04 Å². The van der Waals surface area contributed by atoms with Crippen molar-refractivity contribution in [2.24, 2.45) is 17.6 Å². The lowest BCUT2D eigenvalue weighted by Gasteiger charge is -2.19. The van der Waals surface area contributed by atoms with E-state index in [1.165, 1.54) is 12.8 Å². The first-order valence-corrected chi connectivity index (χ1v) is 5.57. The number of benzene rings is 1. The summed E-state index contributed by atoms with van der Waals surface area (Å²) in [5.41, 5.74) is 7.35. The number of nitrogens with two attached hydrogens (primary N) is 1. The molecule has 2 rings (SSSR count). The molecule has 0 aromatic heterocycles. The Labute approximate surface area is 90.3 Å². The van der Waals surface area contributed by atoms with Crippen molar-refractivity contribution in [3.05, 3.63) is 34.9 Å². The van der Waals surface area contributed by atoms with Crippen LogP contribution in [0.1, 0.15) is 31.4 Å². The molecule has 1 saturated carbocycles. The maximum absolute atomic E-state index is 6.19. The van der Waals surface area contributed by atoms with Crippen molar-refractivity contribution >= 4 is 11.6 Å². The Kier molecular flexibility index (Phi) is 2.80.